The normalized spacial score (nSPS) is 16.5. The van der Waals surface area contributed by atoms with Gasteiger partial charge in [0.05, 0.1) is 11.1 Å². The monoisotopic (exact) mass is 284 g/mol. The number of anilines is 1. The Morgan fingerprint density at radius 2 is 1.71 bits per heavy atom. The van der Waals surface area contributed by atoms with Gasteiger partial charge < -0.3 is 10.0 Å². The summed E-state index contributed by atoms with van der Waals surface area (Å²) in [6.45, 7) is 2.08. The van der Waals surface area contributed by atoms with Crippen molar-refractivity contribution in [3.63, 3.8) is 0 Å². The molecular weight excluding hydrogens is 264 g/mol. The standard InChI is InChI=1S/C17H20N2O2/c20-17(21)14-7-6-8-15-13(14)9-10-16(18-15)19-11-4-2-1-3-5-12-19/h6-10H,1-5,11-12H2,(H,20,21). The van der Waals surface area contributed by atoms with Gasteiger partial charge in [-0.15, -0.1) is 0 Å². The predicted octanol–water partition coefficient (Wildman–Crippen LogP) is 3.70. The van der Waals surface area contributed by atoms with Crippen molar-refractivity contribution in [1.82, 2.24) is 4.98 Å². The topological polar surface area (TPSA) is 53.4 Å². The number of carboxylic acids is 1. The van der Waals surface area contributed by atoms with E-state index in [4.69, 9.17) is 0 Å². The summed E-state index contributed by atoms with van der Waals surface area (Å²) < 4.78 is 0. The summed E-state index contributed by atoms with van der Waals surface area (Å²) in [5, 5.41) is 9.94. The van der Waals surface area contributed by atoms with E-state index in [0.717, 1.165) is 24.4 Å². The first-order valence-corrected chi connectivity index (χ1v) is 7.64. The highest BCUT2D eigenvalue weighted by atomic mass is 16.4. The average Bonchev–Trinajstić information content (AvgIpc) is 2.45. The number of aromatic nitrogens is 1. The Labute approximate surface area is 124 Å². The molecule has 2 aromatic rings. The summed E-state index contributed by atoms with van der Waals surface area (Å²) in [5.74, 6) is 0.0633. The molecule has 4 heteroatoms. The maximum absolute atomic E-state index is 11.2. The lowest BCUT2D eigenvalue weighted by Gasteiger charge is -2.26. The van der Waals surface area contributed by atoms with Crippen molar-refractivity contribution in [1.29, 1.82) is 0 Å². The fourth-order valence-electron chi connectivity index (χ4n) is 2.98. The first-order valence-electron chi connectivity index (χ1n) is 7.64. The van der Waals surface area contributed by atoms with Crippen LogP contribution in [-0.4, -0.2) is 29.1 Å². The van der Waals surface area contributed by atoms with E-state index < -0.39 is 5.97 Å². The van der Waals surface area contributed by atoms with E-state index >= 15 is 0 Å². The maximum Gasteiger partial charge on any atom is 0.336 e. The van der Waals surface area contributed by atoms with E-state index in [1.165, 1.54) is 32.1 Å². The molecule has 1 aliphatic heterocycles. The van der Waals surface area contributed by atoms with Crippen LogP contribution < -0.4 is 4.90 Å². The number of nitrogens with zero attached hydrogens (tertiary/aromatic N) is 2. The fourth-order valence-corrected chi connectivity index (χ4v) is 2.98. The second-order valence-electron chi connectivity index (χ2n) is 5.60. The molecule has 2 heterocycles. The molecule has 1 N–H and O–H groups in total. The molecule has 110 valence electrons. The van der Waals surface area contributed by atoms with E-state index in [1.807, 2.05) is 18.2 Å². The Kier molecular flexibility index (Phi) is 4.04. The Hall–Kier alpha value is -2.10. The van der Waals surface area contributed by atoms with Crippen LogP contribution >= 0.6 is 0 Å². The third kappa shape index (κ3) is 2.99. The van der Waals surface area contributed by atoms with E-state index in [2.05, 4.69) is 9.88 Å². The second kappa shape index (κ2) is 6.12. The molecule has 0 saturated carbocycles. The molecule has 4 nitrogen and oxygen atoms in total. The molecule has 3 rings (SSSR count). The summed E-state index contributed by atoms with van der Waals surface area (Å²) >= 11 is 0. The van der Waals surface area contributed by atoms with E-state index in [-0.39, 0.29) is 0 Å². The minimum absolute atomic E-state index is 0.319. The largest absolute Gasteiger partial charge is 0.478 e. The number of carbonyl (C=O) groups is 1. The quantitative estimate of drug-likeness (QED) is 0.913. The summed E-state index contributed by atoms with van der Waals surface area (Å²) in [6.07, 6.45) is 6.31. The zero-order chi connectivity index (χ0) is 14.7. The smallest absolute Gasteiger partial charge is 0.336 e. The lowest BCUT2D eigenvalue weighted by Crippen LogP contribution is -2.27. The van der Waals surface area contributed by atoms with Gasteiger partial charge >= 0.3 is 5.97 Å². The molecular formula is C17H20N2O2. The molecule has 1 aromatic heterocycles. The Balaban J connectivity index is 1.95. The highest BCUT2D eigenvalue weighted by Gasteiger charge is 2.13. The van der Waals surface area contributed by atoms with Gasteiger partial charge in [0.25, 0.3) is 0 Å². The predicted molar refractivity (Wildman–Crippen MR) is 84.0 cm³/mol. The summed E-state index contributed by atoms with van der Waals surface area (Å²) in [6, 6.07) is 9.11. The van der Waals surface area contributed by atoms with Crippen LogP contribution in [0.4, 0.5) is 5.82 Å². The van der Waals surface area contributed by atoms with Crippen molar-refractivity contribution in [2.75, 3.05) is 18.0 Å². The van der Waals surface area contributed by atoms with Crippen molar-refractivity contribution in [2.45, 2.75) is 32.1 Å². The molecule has 1 aliphatic rings. The molecule has 1 saturated heterocycles. The van der Waals surface area contributed by atoms with Gasteiger partial charge in [-0.05, 0) is 37.1 Å². The van der Waals surface area contributed by atoms with Crippen LogP contribution in [-0.2, 0) is 0 Å². The third-order valence-electron chi connectivity index (χ3n) is 4.13. The highest BCUT2D eigenvalue weighted by Crippen LogP contribution is 2.23. The Bertz CT molecular complexity index is 646. The third-order valence-corrected chi connectivity index (χ3v) is 4.13. The fraction of sp³-hybridized carbons (Fsp3) is 0.412. The number of carboxylic acid groups (broad SMARTS) is 1. The molecule has 0 radical (unpaired) electrons. The molecule has 0 unspecified atom stereocenters. The van der Waals surface area contributed by atoms with Crippen molar-refractivity contribution in [3.05, 3.63) is 35.9 Å². The molecule has 21 heavy (non-hydrogen) atoms. The van der Waals surface area contributed by atoms with Gasteiger partial charge in [0, 0.05) is 18.5 Å². The summed E-state index contributed by atoms with van der Waals surface area (Å²) in [7, 11) is 0. The lowest BCUT2D eigenvalue weighted by atomic mass is 10.1. The van der Waals surface area contributed by atoms with Crippen LogP contribution in [0.15, 0.2) is 30.3 Å². The Morgan fingerprint density at radius 3 is 2.43 bits per heavy atom. The van der Waals surface area contributed by atoms with Crippen molar-refractivity contribution in [3.8, 4) is 0 Å². The molecule has 1 aromatic carbocycles. The van der Waals surface area contributed by atoms with Crippen LogP contribution in [0.2, 0.25) is 0 Å². The number of fused-ring (bicyclic) bond motifs is 1. The van der Waals surface area contributed by atoms with Crippen LogP contribution in [0.3, 0.4) is 0 Å². The number of hydrogen-bond acceptors (Lipinski definition) is 3. The zero-order valence-electron chi connectivity index (χ0n) is 12.1. The summed E-state index contributed by atoms with van der Waals surface area (Å²) in [4.78, 5) is 18.2. The van der Waals surface area contributed by atoms with Crippen molar-refractivity contribution >= 4 is 22.7 Å². The van der Waals surface area contributed by atoms with Gasteiger partial charge in [-0.2, -0.15) is 0 Å². The van der Waals surface area contributed by atoms with E-state index in [0.29, 0.717) is 10.9 Å². The average molecular weight is 284 g/mol. The minimum Gasteiger partial charge on any atom is -0.478 e. The van der Waals surface area contributed by atoms with Gasteiger partial charge in [-0.1, -0.05) is 25.3 Å². The second-order valence-corrected chi connectivity index (χ2v) is 5.60. The van der Waals surface area contributed by atoms with Crippen LogP contribution in [0, 0.1) is 0 Å². The minimum atomic E-state index is -0.901. The number of rotatable bonds is 2. The molecule has 0 spiro atoms. The SMILES string of the molecule is O=C(O)c1cccc2nc(N3CCCCCCC3)ccc12. The first-order chi connectivity index (χ1) is 10.3. The molecule has 0 aliphatic carbocycles. The number of benzene rings is 1. The van der Waals surface area contributed by atoms with Crippen LogP contribution in [0.5, 0.6) is 0 Å². The van der Waals surface area contributed by atoms with Crippen LogP contribution in [0.25, 0.3) is 10.9 Å². The molecule has 0 bridgehead atoms. The van der Waals surface area contributed by atoms with Gasteiger partial charge in [-0.25, -0.2) is 9.78 Å². The van der Waals surface area contributed by atoms with Crippen molar-refractivity contribution < 1.29 is 9.90 Å². The Morgan fingerprint density at radius 1 is 1.00 bits per heavy atom. The van der Waals surface area contributed by atoms with Crippen LogP contribution in [0.1, 0.15) is 42.5 Å². The first kappa shape index (κ1) is 13.9. The van der Waals surface area contributed by atoms with Gasteiger partial charge in [0.2, 0.25) is 0 Å². The van der Waals surface area contributed by atoms with Gasteiger partial charge in [0.1, 0.15) is 5.82 Å². The number of aromatic carboxylic acids is 1. The van der Waals surface area contributed by atoms with Gasteiger partial charge in [0.15, 0.2) is 0 Å². The number of pyridine rings is 1. The molecule has 0 amide bonds. The maximum atomic E-state index is 11.2. The van der Waals surface area contributed by atoms with E-state index in [1.54, 1.807) is 12.1 Å². The van der Waals surface area contributed by atoms with Crippen molar-refractivity contribution in [2.24, 2.45) is 0 Å². The molecule has 1 fully saturated rings. The van der Waals surface area contributed by atoms with Gasteiger partial charge in [-0.3, -0.25) is 0 Å². The van der Waals surface area contributed by atoms with E-state index in [9.17, 15) is 9.90 Å². The lowest BCUT2D eigenvalue weighted by molar-refractivity contribution is 0.0699. The zero-order valence-corrected chi connectivity index (χ0v) is 12.1. The highest BCUT2D eigenvalue weighted by molar-refractivity contribution is 6.02. The molecule has 0 atom stereocenters. The number of hydrogen-bond donors (Lipinski definition) is 1. The summed E-state index contributed by atoms with van der Waals surface area (Å²) in [5.41, 5.74) is 1.08.